The summed E-state index contributed by atoms with van der Waals surface area (Å²) in [7, 11) is 0. The van der Waals surface area contributed by atoms with Crippen molar-refractivity contribution in [2.24, 2.45) is 0 Å². The molecular weight excluding hydrogens is 665 g/mol. The van der Waals surface area contributed by atoms with Crippen LogP contribution in [0.1, 0.15) is 22.3 Å². The van der Waals surface area contributed by atoms with Gasteiger partial charge in [0.05, 0.1) is 16.8 Å². The molecule has 2 nitrogen and oxygen atoms in total. The van der Waals surface area contributed by atoms with Crippen LogP contribution in [0.4, 0.5) is 0 Å². The molecule has 0 atom stereocenters. The Morgan fingerprint density at radius 1 is 0.309 bits per heavy atom. The first-order chi connectivity index (χ1) is 27.3. The molecule has 254 valence electrons. The molecule has 0 amide bonds. The van der Waals surface area contributed by atoms with Crippen LogP contribution in [-0.2, 0) is 5.41 Å². The first kappa shape index (κ1) is 30.3. The summed E-state index contributed by atoms with van der Waals surface area (Å²) in [6.45, 7) is 0. The van der Waals surface area contributed by atoms with Crippen molar-refractivity contribution in [2.45, 2.75) is 5.41 Å². The zero-order chi connectivity index (χ0) is 36.1. The average Bonchev–Trinajstić information content (AvgIpc) is 3.73. The van der Waals surface area contributed by atoms with Gasteiger partial charge >= 0.3 is 0 Å². The Kier molecular flexibility index (Phi) is 6.29. The highest BCUT2D eigenvalue weighted by atomic mass is 14.9. The lowest BCUT2D eigenvalue weighted by atomic mass is 9.70. The minimum absolute atomic E-state index is 0.430. The molecule has 55 heavy (non-hydrogen) atoms. The van der Waals surface area contributed by atoms with E-state index in [0.29, 0.717) is 0 Å². The van der Waals surface area contributed by atoms with Crippen LogP contribution in [0, 0.1) is 0 Å². The van der Waals surface area contributed by atoms with Crippen molar-refractivity contribution >= 4 is 32.3 Å². The van der Waals surface area contributed by atoms with E-state index in [2.05, 4.69) is 194 Å². The maximum absolute atomic E-state index is 5.55. The molecule has 9 aromatic carbocycles. The van der Waals surface area contributed by atoms with Gasteiger partial charge in [0.15, 0.2) is 5.82 Å². The van der Waals surface area contributed by atoms with E-state index >= 15 is 0 Å². The third kappa shape index (κ3) is 4.19. The lowest BCUT2D eigenvalue weighted by Crippen LogP contribution is -2.25. The van der Waals surface area contributed by atoms with Gasteiger partial charge in [-0.05, 0) is 95.0 Å². The Hall–Kier alpha value is -7.16. The predicted octanol–water partition coefficient (Wildman–Crippen LogP) is 13.3. The third-order valence-electron chi connectivity index (χ3n) is 12.1. The summed E-state index contributed by atoms with van der Waals surface area (Å²) in [5.74, 6) is 0.725. The van der Waals surface area contributed by atoms with Gasteiger partial charge in [0.25, 0.3) is 0 Å². The molecule has 10 aromatic rings. The quantitative estimate of drug-likeness (QED) is 0.136. The molecule has 0 saturated carbocycles. The molecule has 1 aromatic heterocycles. The van der Waals surface area contributed by atoms with Gasteiger partial charge in [-0.3, -0.25) is 0 Å². The molecular formula is C53H32N2. The van der Waals surface area contributed by atoms with Crippen LogP contribution in [0.2, 0.25) is 0 Å². The second kappa shape index (κ2) is 11.4. The van der Waals surface area contributed by atoms with Gasteiger partial charge in [-0.2, -0.15) is 0 Å². The second-order valence-electron chi connectivity index (χ2n) is 14.8. The second-order valence-corrected chi connectivity index (χ2v) is 14.8. The van der Waals surface area contributed by atoms with Gasteiger partial charge in [-0.25, -0.2) is 9.97 Å². The minimum Gasteiger partial charge on any atom is -0.228 e. The van der Waals surface area contributed by atoms with E-state index in [1.807, 2.05) is 0 Å². The summed E-state index contributed by atoms with van der Waals surface area (Å²) >= 11 is 0. The highest BCUT2D eigenvalue weighted by molar-refractivity contribution is 6.19. The number of fused-ring (bicyclic) bond motifs is 14. The topological polar surface area (TPSA) is 25.8 Å². The average molecular weight is 697 g/mol. The third-order valence-corrected chi connectivity index (χ3v) is 12.1. The molecule has 0 bridgehead atoms. The Labute approximate surface area is 319 Å². The van der Waals surface area contributed by atoms with Gasteiger partial charge in [-0.1, -0.05) is 176 Å². The predicted molar refractivity (Wildman–Crippen MR) is 227 cm³/mol. The van der Waals surface area contributed by atoms with Crippen LogP contribution in [0.25, 0.3) is 88.5 Å². The molecule has 0 N–H and O–H groups in total. The van der Waals surface area contributed by atoms with Crippen molar-refractivity contribution in [1.29, 1.82) is 0 Å². The summed E-state index contributed by atoms with van der Waals surface area (Å²) in [5, 5.41) is 7.12. The Balaban J connectivity index is 1.16. The molecule has 0 fully saturated rings. The summed E-state index contributed by atoms with van der Waals surface area (Å²) in [6, 6.07) is 70.7. The normalized spacial score (nSPS) is 13.2. The van der Waals surface area contributed by atoms with Gasteiger partial charge in [0, 0.05) is 16.7 Å². The summed E-state index contributed by atoms with van der Waals surface area (Å²) in [6.07, 6.45) is 0. The Morgan fingerprint density at radius 2 is 0.855 bits per heavy atom. The van der Waals surface area contributed by atoms with Crippen LogP contribution in [0.3, 0.4) is 0 Å². The molecule has 1 heterocycles. The fourth-order valence-electron chi connectivity index (χ4n) is 9.78. The van der Waals surface area contributed by atoms with Gasteiger partial charge < -0.3 is 0 Å². The molecule has 12 rings (SSSR count). The fourth-order valence-corrected chi connectivity index (χ4v) is 9.78. The number of nitrogens with zero attached hydrogens (tertiary/aromatic N) is 2. The van der Waals surface area contributed by atoms with Crippen molar-refractivity contribution in [1.82, 2.24) is 9.97 Å². The van der Waals surface area contributed by atoms with E-state index in [4.69, 9.17) is 9.97 Å². The molecule has 1 spiro atoms. The van der Waals surface area contributed by atoms with E-state index in [0.717, 1.165) is 44.7 Å². The highest BCUT2D eigenvalue weighted by Crippen LogP contribution is 2.63. The lowest BCUT2D eigenvalue weighted by molar-refractivity contribution is 0.794. The maximum Gasteiger partial charge on any atom is 0.161 e. The molecule has 0 aliphatic heterocycles. The zero-order valence-corrected chi connectivity index (χ0v) is 29.9. The molecule has 2 heteroatoms. The first-order valence-corrected chi connectivity index (χ1v) is 19.0. The minimum atomic E-state index is -0.430. The molecule has 0 unspecified atom stereocenters. The van der Waals surface area contributed by atoms with Crippen LogP contribution in [-0.4, -0.2) is 9.97 Å². The fraction of sp³-hybridized carbons (Fsp3) is 0.0189. The summed E-state index contributed by atoms with van der Waals surface area (Å²) < 4.78 is 0. The Morgan fingerprint density at radius 3 is 1.55 bits per heavy atom. The summed E-state index contributed by atoms with van der Waals surface area (Å²) in [5.41, 5.74) is 15.0. The zero-order valence-electron chi connectivity index (χ0n) is 29.9. The van der Waals surface area contributed by atoms with E-state index in [9.17, 15) is 0 Å². The maximum atomic E-state index is 5.55. The number of hydrogen-bond acceptors (Lipinski definition) is 2. The van der Waals surface area contributed by atoms with Crippen LogP contribution in [0.15, 0.2) is 194 Å². The first-order valence-electron chi connectivity index (χ1n) is 19.0. The largest absolute Gasteiger partial charge is 0.228 e. The molecule has 0 radical (unpaired) electrons. The highest BCUT2D eigenvalue weighted by Gasteiger charge is 2.51. The van der Waals surface area contributed by atoms with E-state index in [1.54, 1.807) is 0 Å². The standard InChI is InChI=1S/C53H32N2/c1-2-15-34(16-3-1)49-32-50(55-52(54-49)51-38-19-7-5-17-35(38)30-44-37-18-6-4-14-33(37)26-29-43(44)51)36-27-28-42-41-22-10-13-25-47(41)53(48(42)31-36)45-23-11-8-20-39(45)40-21-9-12-24-46(40)53/h1-32H. The monoisotopic (exact) mass is 696 g/mol. The summed E-state index contributed by atoms with van der Waals surface area (Å²) in [4.78, 5) is 11.0. The number of rotatable bonds is 3. The van der Waals surface area contributed by atoms with Crippen LogP contribution >= 0.6 is 0 Å². The number of hydrogen-bond donors (Lipinski definition) is 0. The SMILES string of the molecule is c1ccc(-c2cc(-c3ccc4c(c3)C3(c5ccccc5-c5ccccc53)c3ccccc3-4)nc(-c3c4ccccc4cc4c3ccc3ccccc34)n2)cc1. The molecule has 2 aliphatic carbocycles. The van der Waals surface area contributed by atoms with Gasteiger partial charge in [0.2, 0.25) is 0 Å². The van der Waals surface area contributed by atoms with E-state index < -0.39 is 5.41 Å². The van der Waals surface area contributed by atoms with Gasteiger partial charge in [-0.15, -0.1) is 0 Å². The Bertz CT molecular complexity index is 3150. The van der Waals surface area contributed by atoms with E-state index in [1.165, 1.54) is 66.1 Å². The van der Waals surface area contributed by atoms with Crippen LogP contribution in [0.5, 0.6) is 0 Å². The number of aromatic nitrogens is 2. The van der Waals surface area contributed by atoms with Gasteiger partial charge in [0.1, 0.15) is 0 Å². The van der Waals surface area contributed by atoms with Crippen LogP contribution < -0.4 is 0 Å². The molecule has 0 saturated heterocycles. The van der Waals surface area contributed by atoms with Crippen molar-refractivity contribution < 1.29 is 0 Å². The molecule has 2 aliphatic rings. The lowest BCUT2D eigenvalue weighted by Gasteiger charge is -2.30. The smallest absolute Gasteiger partial charge is 0.161 e. The van der Waals surface area contributed by atoms with Crippen molar-refractivity contribution in [3.05, 3.63) is 216 Å². The van der Waals surface area contributed by atoms with E-state index in [-0.39, 0.29) is 0 Å². The van der Waals surface area contributed by atoms with Crippen molar-refractivity contribution in [2.75, 3.05) is 0 Å². The van der Waals surface area contributed by atoms with Crippen molar-refractivity contribution in [3.8, 4) is 56.2 Å². The van der Waals surface area contributed by atoms with Crippen molar-refractivity contribution in [3.63, 3.8) is 0 Å². The number of benzene rings is 9.